The average Bonchev–Trinajstić information content (AvgIpc) is 2.67. The third-order valence-corrected chi connectivity index (χ3v) is 4.40. The summed E-state index contributed by atoms with van der Waals surface area (Å²) in [6.45, 7) is 2.87. The summed E-state index contributed by atoms with van der Waals surface area (Å²) in [6, 6.07) is 18.0. The summed E-state index contributed by atoms with van der Waals surface area (Å²) >= 11 is 5.93. The molecule has 2 rings (SSSR count). The molecule has 0 aromatic heterocycles. The summed E-state index contributed by atoms with van der Waals surface area (Å²) < 4.78 is 0. The van der Waals surface area contributed by atoms with Gasteiger partial charge in [-0.3, -0.25) is 4.79 Å². The molecule has 0 heterocycles. The molecule has 5 nitrogen and oxygen atoms in total. The number of likely N-dealkylation sites (N-methyl/N-ethyl adjacent to an activating group) is 1. The van der Waals surface area contributed by atoms with E-state index >= 15 is 0 Å². The Morgan fingerprint density at radius 1 is 1.11 bits per heavy atom. The van der Waals surface area contributed by atoms with E-state index < -0.39 is 0 Å². The van der Waals surface area contributed by atoms with Crippen molar-refractivity contribution in [1.82, 2.24) is 15.5 Å². The van der Waals surface area contributed by atoms with Crippen LogP contribution in [0.2, 0.25) is 5.02 Å². The first-order valence-electron chi connectivity index (χ1n) is 9.00. The van der Waals surface area contributed by atoms with E-state index in [0.29, 0.717) is 12.5 Å². The van der Waals surface area contributed by atoms with Crippen molar-refractivity contribution in [3.63, 3.8) is 0 Å². The monoisotopic (exact) mass is 386 g/mol. The topological polar surface area (TPSA) is 56.7 Å². The molecule has 0 saturated carbocycles. The van der Waals surface area contributed by atoms with Crippen molar-refractivity contribution in [2.24, 2.45) is 4.99 Å². The van der Waals surface area contributed by atoms with Gasteiger partial charge in [0.15, 0.2) is 5.96 Å². The van der Waals surface area contributed by atoms with E-state index in [1.807, 2.05) is 42.5 Å². The number of aliphatic imine (C=N–C) groups is 1. The number of hydrogen-bond acceptors (Lipinski definition) is 2. The van der Waals surface area contributed by atoms with E-state index in [4.69, 9.17) is 11.6 Å². The molecule has 0 fully saturated rings. The normalized spacial score (nSPS) is 12.4. The Morgan fingerprint density at radius 2 is 1.78 bits per heavy atom. The van der Waals surface area contributed by atoms with Crippen LogP contribution in [-0.2, 0) is 11.2 Å². The summed E-state index contributed by atoms with van der Waals surface area (Å²) in [4.78, 5) is 17.9. The number of carbonyl (C=O) groups is 1. The highest BCUT2D eigenvalue weighted by Gasteiger charge is 2.09. The minimum atomic E-state index is -0.0406. The van der Waals surface area contributed by atoms with Crippen LogP contribution in [0.25, 0.3) is 0 Å². The van der Waals surface area contributed by atoms with E-state index in [2.05, 4.69) is 34.7 Å². The third kappa shape index (κ3) is 7.31. The lowest BCUT2D eigenvalue weighted by Crippen LogP contribution is -2.40. The van der Waals surface area contributed by atoms with Gasteiger partial charge in [0.25, 0.3) is 0 Å². The Hall–Kier alpha value is -2.53. The largest absolute Gasteiger partial charge is 0.356 e. The lowest BCUT2D eigenvalue weighted by atomic mass is 10.1. The van der Waals surface area contributed by atoms with Gasteiger partial charge in [0, 0.05) is 25.7 Å². The van der Waals surface area contributed by atoms with Crippen molar-refractivity contribution in [3.8, 4) is 0 Å². The number of halogens is 1. The second-order valence-electron chi connectivity index (χ2n) is 6.53. The van der Waals surface area contributed by atoms with E-state index in [-0.39, 0.29) is 18.5 Å². The highest BCUT2D eigenvalue weighted by molar-refractivity contribution is 6.30. The van der Waals surface area contributed by atoms with Gasteiger partial charge in [-0.15, -0.1) is 0 Å². The minimum absolute atomic E-state index is 0.0406. The Bertz CT molecular complexity index is 745. The quantitative estimate of drug-likeness (QED) is 0.567. The van der Waals surface area contributed by atoms with E-state index in [0.717, 1.165) is 17.0 Å². The number of nitrogens with zero attached hydrogens (tertiary/aromatic N) is 2. The predicted octanol–water partition coefficient (Wildman–Crippen LogP) is 3.27. The minimum Gasteiger partial charge on any atom is -0.356 e. The maximum Gasteiger partial charge on any atom is 0.243 e. The van der Waals surface area contributed by atoms with Crippen molar-refractivity contribution in [1.29, 1.82) is 0 Å². The zero-order chi connectivity index (χ0) is 19.6. The molecule has 2 aromatic rings. The van der Waals surface area contributed by atoms with Crippen molar-refractivity contribution < 1.29 is 4.79 Å². The summed E-state index contributed by atoms with van der Waals surface area (Å²) in [6.07, 6.45) is 0.833. The predicted molar refractivity (Wildman–Crippen MR) is 112 cm³/mol. The van der Waals surface area contributed by atoms with Crippen LogP contribution in [0.1, 0.15) is 24.1 Å². The zero-order valence-electron chi connectivity index (χ0n) is 16.1. The van der Waals surface area contributed by atoms with Crippen LogP contribution in [0.5, 0.6) is 0 Å². The SMILES string of the molecule is CC(NC(=NCC(=O)N(C)C)NCCc1ccc(Cl)cc1)c1ccccc1. The molecule has 27 heavy (non-hydrogen) atoms. The highest BCUT2D eigenvalue weighted by Crippen LogP contribution is 2.11. The molecule has 0 saturated heterocycles. The van der Waals surface area contributed by atoms with Gasteiger partial charge in [-0.25, -0.2) is 4.99 Å². The molecule has 0 radical (unpaired) electrons. The number of hydrogen-bond donors (Lipinski definition) is 2. The standard InChI is InChI=1S/C21H27ClN4O/c1-16(18-7-5-4-6-8-18)25-21(24-15-20(27)26(2)3)23-14-13-17-9-11-19(22)12-10-17/h4-12,16H,13-15H2,1-3H3,(H2,23,24,25). The van der Waals surface area contributed by atoms with Gasteiger partial charge in [0.1, 0.15) is 6.54 Å². The second-order valence-corrected chi connectivity index (χ2v) is 6.97. The van der Waals surface area contributed by atoms with E-state index in [1.165, 1.54) is 10.5 Å². The van der Waals surface area contributed by atoms with Crippen LogP contribution in [-0.4, -0.2) is 44.0 Å². The lowest BCUT2D eigenvalue weighted by molar-refractivity contribution is -0.127. The maximum atomic E-state index is 11.9. The van der Waals surface area contributed by atoms with Gasteiger partial charge in [-0.2, -0.15) is 0 Å². The number of benzene rings is 2. The van der Waals surface area contributed by atoms with Crippen molar-refractivity contribution in [2.75, 3.05) is 27.2 Å². The summed E-state index contributed by atoms with van der Waals surface area (Å²) in [5.41, 5.74) is 2.34. The molecule has 1 amide bonds. The smallest absolute Gasteiger partial charge is 0.243 e. The van der Waals surface area contributed by atoms with Gasteiger partial charge in [-0.05, 0) is 36.6 Å². The van der Waals surface area contributed by atoms with Crippen molar-refractivity contribution in [3.05, 3.63) is 70.7 Å². The van der Waals surface area contributed by atoms with Crippen molar-refractivity contribution >= 4 is 23.5 Å². The van der Waals surface area contributed by atoms with Gasteiger partial charge in [0.2, 0.25) is 5.91 Å². The number of carbonyl (C=O) groups excluding carboxylic acids is 1. The van der Waals surface area contributed by atoms with Gasteiger partial charge < -0.3 is 15.5 Å². The summed E-state index contributed by atoms with van der Waals surface area (Å²) in [5, 5.41) is 7.41. The molecule has 1 atom stereocenters. The molecule has 6 heteroatoms. The summed E-state index contributed by atoms with van der Waals surface area (Å²) in [7, 11) is 3.46. The number of rotatable bonds is 7. The molecular weight excluding hydrogens is 360 g/mol. The van der Waals surface area contributed by atoms with Gasteiger partial charge in [-0.1, -0.05) is 54.1 Å². The molecule has 0 aliphatic heterocycles. The van der Waals surface area contributed by atoms with Gasteiger partial charge in [0.05, 0.1) is 6.04 Å². The maximum absolute atomic E-state index is 11.9. The van der Waals surface area contributed by atoms with Crippen LogP contribution in [0, 0.1) is 0 Å². The molecule has 0 bridgehead atoms. The molecular formula is C21H27ClN4O. The van der Waals surface area contributed by atoms with E-state index in [1.54, 1.807) is 14.1 Å². The molecule has 0 spiro atoms. The fraction of sp³-hybridized carbons (Fsp3) is 0.333. The number of nitrogens with one attached hydrogen (secondary N) is 2. The molecule has 1 unspecified atom stereocenters. The first-order chi connectivity index (χ1) is 13.0. The molecule has 2 N–H and O–H groups in total. The van der Waals surface area contributed by atoms with Gasteiger partial charge >= 0.3 is 0 Å². The zero-order valence-corrected chi connectivity index (χ0v) is 16.8. The highest BCUT2D eigenvalue weighted by atomic mass is 35.5. The molecule has 144 valence electrons. The lowest BCUT2D eigenvalue weighted by Gasteiger charge is -2.19. The van der Waals surface area contributed by atoms with Crippen LogP contribution in [0.15, 0.2) is 59.6 Å². The number of guanidine groups is 1. The Balaban J connectivity index is 1.98. The molecule has 0 aliphatic rings. The fourth-order valence-corrected chi connectivity index (χ4v) is 2.57. The van der Waals surface area contributed by atoms with Crippen LogP contribution in [0.3, 0.4) is 0 Å². The number of amides is 1. The Labute approximate surface area is 166 Å². The second kappa shape index (κ2) is 10.6. The Kier molecular flexibility index (Phi) is 8.14. The van der Waals surface area contributed by atoms with Crippen molar-refractivity contribution in [2.45, 2.75) is 19.4 Å². The molecule has 2 aromatic carbocycles. The molecule has 0 aliphatic carbocycles. The Morgan fingerprint density at radius 3 is 2.41 bits per heavy atom. The van der Waals surface area contributed by atoms with Crippen LogP contribution in [0.4, 0.5) is 0 Å². The van der Waals surface area contributed by atoms with Crippen LogP contribution < -0.4 is 10.6 Å². The fourth-order valence-electron chi connectivity index (χ4n) is 2.45. The average molecular weight is 387 g/mol. The third-order valence-electron chi connectivity index (χ3n) is 4.14. The van der Waals surface area contributed by atoms with Crippen LogP contribution >= 0.6 is 11.6 Å². The first kappa shape index (κ1) is 20.8. The first-order valence-corrected chi connectivity index (χ1v) is 9.38. The van der Waals surface area contributed by atoms with E-state index in [9.17, 15) is 4.79 Å². The summed E-state index contributed by atoms with van der Waals surface area (Å²) in [5.74, 6) is 0.580.